The lowest BCUT2D eigenvalue weighted by Gasteiger charge is -2.33. The van der Waals surface area contributed by atoms with Gasteiger partial charge in [-0.25, -0.2) is 19.3 Å². The number of aliphatic imine (C=N–C) groups is 1. The van der Waals surface area contributed by atoms with Crippen molar-refractivity contribution >= 4 is 41.1 Å². The Balaban J connectivity index is 2.38. The van der Waals surface area contributed by atoms with Crippen molar-refractivity contribution in [1.82, 2.24) is 20.2 Å². The van der Waals surface area contributed by atoms with Gasteiger partial charge < -0.3 is 15.3 Å². The maximum atomic E-state index is 15.1. The number of aliphatic hydroxyl groups excluding tert-OH is 1. The highest BCUT2D eigenvalue weighted by atomic mass is 35.5. The van der Waals surface area contributed by atoms with E-state index in [9.17, 15) is 15.2 Å². The van der Waals surface area contributed by atoms with E-state index in [2.05, 4.69) is 32.8 Å². The smallest absolute Gasteiger partial charge is 0.221 e. The van der Waals surface area contributed by atoms with E-state index in [-0.39, 0.29) is 46.1 Å². The summed E-state index contributed by atoms with van der Waals surface area (Å²) in [6.45, 7) is 8.97. The van der Waals surface area contributed by atoms with E-state index in [1.807, 2.05) is 20.9 Å². The topological polar surface area (TPSA) is 118 Å². The minimum atomic E-state index is -0.648. The van der Waals surface area contributed by atoms with Gasteiger partial charge in [-0.2, -0.15) is 5.26 Å². The number of aliphatic hydroxyl groups is 1. The first-order valence-electron chi connectivity index (χ1n) is 13.4. The molecule has 0 spiro atoms. The quantitative estimate of drug-likeness (QED) is 0.145. The number of hydrogen-bond acceptors (Lipinski definition) is 7. The van der Waals surface area contributed by atoms with E-state index >= 15 is 4.39 Å². The van der Waals surface area contributed by atoms with E-state index < -0.39 is 5.83 Å². The van der Waals surface area contributed by atoms with Crippen molar-refractivity contribution in [1.29, 1.82) is 5.26 Å². The molecule has 1 aliphatic carbocycles. The van der Waals surface area contributed by atoms with Crippen LogP contribution >= 0.6 is 11.6 Å². The number of likely N-dealkylation sites (N-methyl/N-ethyl adjacent to an activating group) is 1. The van der Waals surface area contributed by atoms with Crippen LogP contribution in [0.2, 0.25) is 5.02 Å². The molecule has 216 valence electrons. The molecule has 0 bridgehead atoms. The molecule has 41 heavy (non-hydrogen) atoms. The monoisotopic (exact) mass is 579 g/mol. The molecule has 0 aromatic carbocycles. The number of pyridine rings is 2. The molecule has 0 aliphatic heterocycles. The standard InChI is InChI=1S/C30H35ClFN7O2/c1-6-8-12-38(19(3)16-34-4)29(35-5)22-14-23(31)27(26-24(32)10-9-11-25(26)41)37-30(22)39(18-40)28-21(7-2)13-20(15-33)17-36-28/h6,10,13-14,17-19,34,41H,1,7-9,11-12,16H2,2-5H3. The fourth-order valence-corrected chi connectivity index (χ4v) is 5.01. The van der Waals surface area contributed by atoms with Gasteiger partial charge in [0.05, 0.1) is 27.4 Å². The van der Waals surface area contributed by atoms with E-state index in [0.717, 1.165) is 0 Å². The maximum absolute atomic E-state index is 15.1. The Kier molecular flexibility index (Phi) is 11.1. The number of halogens is 2. The van der Waals surface area contributed by atoms with Crippen LogP contribution in [0.1, 0.15) is 55.5 Å². The molecule has 1 atom stereocenters. The molecule has 0 fully saturated rings. The zero-order valence-electron chi connectivity index (χ0n) is 23.8. The number of rotatable bonds is 12. The third kappa shape index (κ3) is 6.81. The number of anilines is 2. The van der Waals surface area contributed by atoms with Gasteiger partial charge in [0.2, 0.25) is 6.41 Å². The van der Waals surface area contributed by atoms with Gasteiger partial charge in [0, 0.05) is 38.8 Å². The summed E-state index contributed by atoms with van der Waals surface area (Å²) in [5, 5.41) is 23.3. The molecule has 2 aromatic heterocycles. The van der Waals surface area contributed by atoms with Crippen LogP contribution in [-0.2, 0) is 11.2 Å². The van der Waals surface area contributed by atoms with Gasteiger partial charge in [-0.3, -0.25) is 9.79 Å². The molecule has 3 rings (SSSR count). The molecule has 2 aromatic rings. The molecule has 1 unspecified atom stereocenters. The lowest BCUT2D eigenvalue weighted by atomic mass is 9.99. The minimum Gasteiger partial charge on any atom is -0.511 e. The summed E-state index contributed by atoms with van der Waals surface area (Å²) in [6, 6.07) is 5.29. The summed E-state index contributed by atoms with van der Waals surface area (Å²) in [6.07, 6.45) is 6.81. The number of nitrogens with one attached hydrogen (secondary N) is 1. The van der Waals surface area contributed by atoms with E-state index in [4.69, 9.17) is 16.6 Å². The Morgan fingerprint density at radius 1 is 1.41 bits per heavy atom. The molecule has 9 nitrogen and oxygen atoms in total. The summed E-state index contributed by atoms with van der Waals surface area (Å²) >= 11 is 6.75. The number of aryl methyl sites for hydroxylation is 1. The van der Waals surface area contributed by atoms with Gasteiger partial charge in [0.15, 0.2) is 5.82 Å². The van der Waals surface area contributed by atoms with Gasteiger partial charge in [-0.05, 0) is 57.0 Å². The van der Waals surface area contributed by atoms with E-state index in [0.29, 0.717) is 61.3 Å². The second-order valence-electron chi connectivity index (χ2n) is 9.47. The van der Waals surface area contributed by atoms with Crippen molar-refractivity contribution in [3.63, 3.8) is 0 Å². The number of amidine groups is 1. The molecule has 1 aliphatic rings. The molecule has 2 N–H and O–H groups in total. The van der Waals surface area contributed by atoms with Crippen molar-refractivity contribution in [3.05, 3.63) is 76.1 Å². The number of carbonyl (C=O) groups excluding carboxylic acids is 1. The van der Waals surface area contributed by atoms with Crippen LogP contribution in [0, 0.1) is 11.3 Å². The van der Waals surface area contributed by atoms with E-state index in [1.54, 1.807) is 25.3 Å². The highest BCUT2D eigenvalue weighted by molar-refractivity contribution is 6.33. The lowest BCUT2D eigenvalue weighted by molar-refractivity contribution is -0.106. The first-order valence-corrected chi connectivity index (χ1v) is 13.8. The Hall–Kier alpha value is -4.07. The number of amides is 1. The summed E-state index contributed by atoms with van der Waals surface area (Å²) in [5.74, 6) is 0.0385. The fourth-order valence-electron chi connectivity index (χ4n) is 4.77. The number of carbonyl (C=O) groups is 1. The first-order chi connectivity index (χ1) is 19.8. The van der Waals surface area contributed by atoms with Gasteiger partial charge in [-0.15, -0.1) is 6.58 Å². The predicted molar refractivity (Wildman–Crippen MR) is 161 cm³/mol. The number of nitrogens with zero attached hydrogens (tertiary/aromatic N) is 6. The number of allylic oxidation sites excluding steroid dienone is 4. The average molecular weight is 580 g/mol. The van der Waals surface area contributed by atoms with Crippen LogP contribution in [0.5, 0.6) is 0 Å². The fraction of sp³-hybridized carbons (Fsp3) is 0.367. The van der Waals surface area contributed by atoms with Gasteiger partial charge in [0.1, 0.15) is 29.3 Å². The third-order valence-corrected chi connectivity index (χ3v) is 7.06. The van der Waals surface area contributed by atoms with Crippen LogP contribution < -0.4 is 10.2 Å². The molecule has 0 radical (unpaired) electrons. The Bertz CT molecular complexity index is 1430. The highest BCUT2D eigenvalue weighted by Crippen LogP contribution is 2.39. The van der Waals surface area contributed by atoms with Gasteiger partial charge in [-0.1, -0.05) is 24.6 Å². The van der Waals surface area contributed by atoms with E-state index in [1.165, 1.54) is 17.2 Å². The van der Waals surface area contributed by atoms with Crippen molar-refractivity contribution in [2.75, 3.05) is 32.1 Å². The Morgan fingerprint density at radius 2 is 2.17 bits per heavy atom. The number of aromatic nitrogens is 2. The van der Waals surface area contributed by atoms with Crippen molar-refractivity contribution in [2.24, 2.45) is 4.99 Å². The van der Waals surface area contributed by atoms with Gasteiger partial charge >= 0.3 is 0 Å². The molecule has 2 heterocycles. The normalized spacial score (nSPS) is 14.3. The van der Waals surface area contributed by atoms with Gasteiger partial charge in [0.25, 0.3) is 0 Å². The van der Waals surface area contributed by atoms with Crippen LogP contribution in [0.15, 0.2) is 53.6 Å². The highest BCUT2D eigenvalue weighted by Gasteiger charge is 2.30. The Labute approximate surface area is 245 Å². The van der Waals surface area contributed by atoms with Crippen LogP contribution in [0.25, 0.3) is 5.57 Å². The van der Waals surface area contributed by atoms with Crippen LogP contribution in [0.3, 0.4) is 0 Å². The van der Waals surface area contributed by atoms with Crippen LogP contribution in [-0.4, -0.2) is 65.4 Å². The summed E-state index contributed by atoms with van der Waals surface area (Å²) < 4.78 is 15.1. The lowest BCUT2D eigenvalue weighted by Crippen LogP contribution is -2.45. The zero-order chi connectivity index (χ0) is 30.1. The maximum Gasteiger partial charge on any atom is 0.221 e. The molecular formula is C30H35ClFN7O2. The molecule has 11 heteroatoms. The largest absolute Gasteiger partial charge is 0.511 e. The molecule has 0 saturated carbocycles. The second-order valence-corrected chi connectivity index (χ2v) is 9.88. The SMILES string of the molecule is C=CCCN(C(=NC)c1cc(Cl)c(C2=C(O)CCC=C2F)nc1N(C=O)c1ncc(C#N)cc1CC)C(C)CNC. The Morgan fingerprint density at radius 3 is 2.76 bits per heavy atom. The zero-order valence-corrected chi connectivity index (χ0v) is 24.5. The second kappa shape index (κ2) is 14.5. The van der Waals surface area contributed by atoms with Crippen molar-refractivity contribution < 1.29 is 14.3 Å². The first kappa shape index (κ1) is 31.5. The average Bonchev–Trinajstić information content (AvgIpc) is 2.97. The number of hydrogen-bond donors (Lipinski definition) is 2. The summed E-state index contributed by atoms with van der Waals surface area (Å²) in [7, 11) is 3.49. The van der Waals surface area contributed by atoms with Crippen molar-refractivity contribution in [2.45, 2.75) is 45.6 Å². The number of nitriles is 1. The summed E-state index contributed by atoms with van der Waals surface area (Å²) in [4.78, 5) is 29.8. The molecular weight excluding hydrogens is 545 g/mol. The molecule has 1 amide bonds. The molecule has 0 saturated heterocycles. The van der Waals surface area contributed by atoms with Crippen LogP contribution in [0.4, 0.5) is 16.0 Å². The predicted octanol–water partition coefficient (Wildman–Crippen LogP) is 5.64. The third-order valence-electron chi connectivity index (χ3n) is 6.77. The van der Waals surface area contributed by atoms with Crippen molar-refractivity contribution in [3.8, 4) is 6.07 Å². The summed E-state index contributed by atoms with van der Waals surface area (Å²) in [5.41, 5.74) is 1.26. The minimum absolute atomic E-state index is 0.00808.